The molecule has 1 fully saturated rings. The molecule has 0 aliphatic heterocycles. The minimum absolute atomic E-state index is 0.188. The fourth-order valence-electron chi connectivity index (χ4n) is 2.76. The van der Waals surface area contributed by atoms with Crippen molar-refractivity contribution in [2.24, 2.45) is 11.1 Å². The van der Waals surface area contributed by atoms with Gasteiger partial charge in [-0.15, -0.1) is 11.3 Å². The van der Waals surface area contributed by atoms with Crippen LogP contribution in [-0.4, -0.2) is 0 Å². The first-order chi connectivity index (χ1) is 6.93. The van der Waals surface area contributed by atoms with E-state index in [1.165, 1.54) is 17.7 Å². The summed E-state index contributed by atoms with van der Waals surface area (Å²) in [4.78, 5) is 1.18. The van der Waals surface area contributed by atoms with Gasteiger partial charge in [-0.1, -0.05) is 31.9 Å². The Hall–Kier alpha value is -0.0500. The predicted molar refractivity (Wildman–Crippen MR) is 67.4 cm³/mol. The highest BCUT2D eigenvalue weighted by Gasteiger charge is 2.40. The third kappa shape index (κ3) is 2.22. The molecule has 1 aromatic heterocycles. The van der Waals surface area contributed by atoms with Crippen molar-refractivity contribution in [3.63, 3.8) is 0 Å². The molecule has 0 spiro atoms. The Morgan fingerprint density at radius 2 is 2.13 bits per heavy atom. The molecule has 1 aromatic rings. The standard InChI is InChI=1S/C12H18ClNS/c1-11(2)5-3-6-12(14,8-11)10-9(13)4-7-15-10/h4,7H,3,5-6,8,14H2,1-2H3. The monoisotopic (exact) mass is 243 g/mol. The molecule has 2 rings (SSSR count). The zero-order valence-electron chi connectivity index (χ0n) is 9.35. The van der Waals surface area contributed by atoms with E-state index < -0.39 is 0 Å². The van der Waals surface area contributed by atoms with Crippen molar-refractivity contribution in [1.82, 2.24) is 0 Å². The number of nitrogens with two attached hydrogens (primary N) is 1. The summed E-state index contributed by atoms with van der Waals surface area (Å²) in [5, 5.41) is 2.88. The predicted octanol–water partition coefficient (Wildman–Crippen LogP) is 4.16. The molecule has 1 heterocycles. The van der Waals surface area contributed by atoms with Crippen LogP contribution in [0.25, 0.3) is 0 Å². The van der Waals surface area contributed by atoms with E-state index in [1.807, 2.05) is 11.4 Å². The van der Waals surface area contributed by atoms with Crippen molar-refractivity contribution in [3.8, 4) is 0 Å². The Bertz CT molecular complexity index is 358. The number of rotatable bonds is 1. The van der Waals surface area contributed by atoms with Crippen LogP contribution in [0.15, 0.2) is 11.4 Å². The van der Waals surface area contributed by atoms with Crippen molar-refractivity contribution < 1.29 is 0 Å². The van der Waals surface area contributed by atoms with E-state index in [0.717, 1.165) is 17.9 Å². The van der Waals surface area contributed by atoms with Crippen LogP contribution in [0.2, 0.25) is 5.02 Å². The summed E-state index contributed by atoms with van der Waals surface area (Å²) in [6.07, 6.45) is 4.59. The summed E-state index contributed by atoms with van der Waals surface area (Å²) < 4.78 is 0. The normalized spacial score (nSPS) is 30.4. The maximum Gasteiger partial charge on any atom is 0.0564 e. The van der Waals surface area contributed by atoms with Gasteiger partial charge in [0.1, 0.15) is 0 Å². The summed E-state index contributed by atoms with van der Waals surface area (Å²) in [6, 6.07) is 1.96. The van der Waals surface area contributed by atoms with Gasteiger partial charge in [0, 0.05) is 4.88 Å². The van der Waals surface area contributed by atoms with Gasteiger partial charge in [-0.05, 0) is 36.1 Å². The SMILES string of the molecule is CC1(C)CCCC(N)(c2sccc2Cl)C1. The molecule has 1 atom stereocenters. The second kappa shape index (κ2) is 3.76. The average Bonchev–Trinajstić information content (AvgIpc) is 2.49. The molecular weight excluding hydrogens is 226 g/mol. The number of halogens is 1. The molecule has 1 aliphatic carbocycles. The second-order valence-electron chi connectivity index (χ2n) is 5.45. The second-order valence-corrected chi connectivity index (χ2v) is 6.77. The van der Waals surface area contributed by atoms with E-state index in [4.69, 9.17) is 17.3 Å². The minimum atomic E-state index is -0.188. The van der Waals surface area contributed by atoms with E-state index >= 15 is 0 Å². The van der Waals surface area contributed by atoms with Crippen LogP contribution in [0.3, 0.4) is 0 Å². The molecule has 0 radical (unpaired) electrons. The molecule has 84 valence electrons. The molecule has 1 aliphatic rings. The molecule has 1 nitrogen and oxygen atoms in total. The van der Waals surface area contributed by atoms with E-state index in [1.54, 1.807) is 11.3 Å². The Morgan fingerprint density at radius 3 is 2.67 bits per heavy atom. The number of hydrogen-bond donors (Lipinski definition) is 1. The molecule has 0 aromatic carbocycles. The lowest BCUT2D eigenvalue weighted by molar-refractivity contribution is 0.154. The smallest absolute Gasteiger partial charge is 0.0564 e. The lowest BCUT2D eigenvalue weighted by Gasteiger charge is -2.42. The summed E-state index contributed by atoms with van der Waals surface area (Å²) in [5.74, 6) is 0. The van der Waals surface area contributed by atoms with E-state index in [9.17, 15) is 0 Å². The van der Waals surface area contributed by atoms with E-state index in [-0.39, 0.29) is 5.54 Å². The molecule has 0 saturated heterocycles. The van der Waals surface area contributed by atoms with Crippen LogP contribution in [0, 0.1) is 5.41 Å². The van der Waals surface area contributed by atoms with Gasteiger partial charge < -0.3 is 5.73 Å². The largest absolute Gasteiger partial charge is 0.321 e. The zero-order valence-corrected chi connectivity index (χ0v) is 10.9. The molecule has 0 amide bonds. The quantitative estimate of drug-likeness (QED) is 0.788. The van der Waals surface area contributed by atoms with Crippen LogP contribution in [0.4, 0.5) is 0 Å². The topological polar surface area (TPSA) is 26.0 Å². The molecule has 3 heteroatoms. The van der Waals surface area contributed by atoms with Gasteiger partial charge in [0.05, 0.1) is 10.6 Å². The van der Waals surface area contributed by atoms with Crippen LogP contribution >= 0.6 is 22.9 Å². The highest BCUT2D eigenvalue weighted by molar-refractivity contribution is 7.10. The molecule has 0 bridgehead atoms. The van der Waals surface area contributed by atoms with Crippen LogP contribution in [0.1, 0.15) is 44.4 Å². The van der Waals surface area contributed by atoms with Crippen LogP contribution < -0.4 is 5.73 Å². The van der Waals surface area contributed by atoms with Crippen LogP contribution in [-0.2, 0) is 5.54 Å². The Kier molecular flexibility index (Phi) is 2.87. The van der Waals surface area contributed by atoms with Crippen molar-refractivity contribution >= 4 is 22.9 Å². The molecule has 2 N–H and O–H groups in total. The fraction of sp³-hybridized carbons (Fsp3) is 0.667. The first-order valence-electron chi connectivity index (χ1n) is 5.45. The first kappa shape index (κ1) is 11.4. The van der Waals surface area contributed by atoms with E-state index in [2.05, 4.69) is 13.8 Å². The van der Waals surface area contributed by atoms with Gasteiger partial charge in [-0.2, -0.15) is 0 Å². The van der Waals surface area contributed by atoms with Crippen molar-refractivity contribution in [1.29, 1.82) is 0 Å². The number of thiophene rings is 1. The van der Waals surface area contributed by atoms with Gasteiger partial charge in [-0.25, -0.2) is 0 Å². The number of hydrogen-bond acceptors (Lipinski definition) is 2. The highest BCUT2D eigenvalue weighted by Crippen LogP contribution is 2.47. The lowest BCUT2D eigenvalue weighted by Crippen LogP contribution is -2.43. The Balaban J connectivity index is 2.31. The average molecular weight is 244 g/mol. The van der Waals surface area contributed by atoms with Gasteiger partial charge >= 0.3 is 0 Å². The van der Waals surface area contributed by atoms with Gasteiger partial charge in [-0.3, -0.25) is 0 Å². The molecular formula is C12H18ClNS. The minimum Gasteiger partial charge on any atom is -0.321 e. The summed E-state index contributed by atoms with van der Waals surface area (Å²) in [6.45, 7) is 4.60. The van der Waals surface area contributed by atoms with Crippen molar-refractivity contribution in [2.45, 2.75) is 45.1 Å². The maximum atomic E-state index is 6.53. The summed E-state index contributed by atoms with van der Waals surface area (Å²) >= 11 is 7.89. The molecule has 1 saturated carbocycles. The van der Waals surface area contributed by atoms with Gasteiger partial charge in [0.2, 0.25) is 0 Å². The molecule has 1 unspecified atom stereocenters. The van der Waals surface area contributed by atoms with Crippen LogP contribution in [0.5, 0.6) is 0 Å². The maximum absolute atomic E-state index is 6.53. The first-order valence-corrected chi connectivity index (χ1v) is 6.71. The van der Waals surface area contributed by atoms with E-state index in [0.29, 0.717) is 5.41 Å². The van der Waals surface area contributed by atoms with Gasteiger partial charge in [0.15, 0.2) is 0 Å². The third-order valence-electron chi connectivity index (χ3n) is 3.34. The third-order valence-corrected chi connectivity index (χ3v) is 4.90. The Labute approximate surface area is 101 Å². The highest BCUT2D eigenvalue weighted by atomic mass is 35.5. The molecule has 15 heavy (non-hydrogen) atoms. The Morgan fingerprint density at radius 1 is 1.40 bits per heavy atom. The van der Waals surface area contributed by atoms with Crippen molar-refractivity contribution in [3.05, 3.63) is 21.3 Å². The lowest BCUT2D eigenvalue weighted by atomic mass is 9.68. The van der Waals surface area contributed by atoms with Gasteiger partial charge in [0.25, 0.3) is 0 Å². The zero-order chi connectivity index (χ0) is 11.1. The summed E-state index contributed by atoms with van der Waals surface area (Å²) in [7, 11) is 0. The summed E-state index contributed by atoms with van der Waals surface area (Å²) in [5.41, 5.74) is 6.69. The fourth-order valence-corrected chi connectivity index (χ4v) is 4.15. The van der Waals surface area contributed by atoms with Crippen molar-refractivity contribution in [2.75, 3.05) is 0 Å².